The minimum absolute atomic E-state index is 0.0475. The lowest BCUT2D eigenvalue weighted by Gasteiger charge is -2.32. The molecule has 1 atom stereocenters. The van der Waals surface area contributed by atoms with E-state index in [-0.39, 0.29) is 5.54 Å². The van der Waals surface area contributed by atoms with E-state index in [1.54, 1.807) is 0 Å². The van der Waals surface area contributed by atoms with Gasteiger partial charge in [-0.15, -0.1) is 0 Å². The van der Waals surface area contributed by atoms with E-state index in [0.717, 1.165) is 31.2 Å². The molecule has 0 aromatic rings. The lowest BCUT2D eigenvalue weighted by atomic mass is 9.93. The Labute approximate surface area is 95.2 Å². The van der Waals surface area contributed by atoms with Crippen molar-refractivity contribution in [2.45, 2.75) is 52.5 Å². The van der Waals surface area contributed by atoms with Gasteiger partial charge in [0.25, 0.3) is 0 Å². The van der Waals surface area contributed by atoms with E-state index in [4.69, 9.17) is 5.73 Å². The molecule has 1 fully saturated rings. The summed E-state index contributed by atoms with van der Waals surface area (Å²) in [5.41, 5.74) is 6.40. The molecule has 0 aromatic carbocycles. The molecule has 90 valence electrons. The minimum Gasteiger partial charge on any atom is -0.324 e. The molecule has 0 amide bonds. The molecular formula is C13H28N2. The van der Waals surface area contributed by atoms with Gasteiger partial charge in [-0.2, -0.15) is 0 Å². The van der Waals surface area contributed by atoms with E-state index in [9.17, 15) is 0 Å². The molecule has 0 aliphatic carbocycles. The third-order valence-corrected chi connectivity index (χ3v) is 4.20. The second-order valence-corrected chi connectivity index (χ2v) is 5.60. The van der Waals surface area contributed by atoms with Crippen molar-refractivity contribution >= 4 is 0 Å². The molecule has 2 heteroatoms. The molecule has 1 unspecified atom stereocenters. The van der Waals surface area contributed by atoms with Gasteiger partial charge in [-0.05, 0) is 37.6 Å². The normalized spacial score (nSPS) is 24.0. The molecule has 15 heavy (non-hydrogen) atoms. The highest BCUT2D eigenvalue weighted by Gasteiger charge is 2.30. The zero-order valence-electron chi connectivity index (χ0n) is 10.9. The number of hydrogen-bond donors (Lipinski definition) is 1. The molecule has 1 aliphatic rings. The van der Waals surface area contributed by atoms with E-state index < -0.39 is 0 Å². The maximum Gasteiger partial charge on any atom is 0.0278 e. The zero-order valence-corrected chi connectivity index (χ0v) is 10.9. The zero-order chi connectivity index (χ0) is 11.5. The molecule has 1 saturated heterocycles. The highest BCUT2D eigenvalue weighted by atomic mass is 15.2. The van der Waals surface area contributed by atoms with Crippen LogP contribution in [0.2, 0.25) is 0 Å². The molecule has 2 N–H and O–H groups in total. The average molecular weight is 212 g/mol. The van der Waals surface area contributed by atoms with Crippen LogP contribution in [0.3, 0.4) is 0 Å². The van der Waals surface area contributed by atoms with E-state index >= 15 is 0 Å². The van der Waals surface area contributed by atoms with Crippen molar-refractivity contribution in [3.8, 4) is 0 Å². The SMILES string of the molecule is CCC(N)(CC)CN1CCC(C(C)C)C1. The van der Waals surface area contributed by atoms with Crippen LogP contribution in [0.5, 0.6) is 0 Å². The second-order valence-electron chi connectivity index (χ2n) is 5.60. The van der Waals surface area contributed by atoms with Gasteiger partial charge in [-0.3, -0.25) is 0 Å². The summed E-state index contributed by atoms with van der Waals surface area (Å²) >= 11 is 0. The first-order valence-corrected chi connectivity index (χ1v) is 6.52. The number of nitrogens with two attached hydrogens (primary N) is 1. The molecule has 2 nitrogen and oxygen atoms in total. The van der Waals surface area contributed by atoms with Crippen LogP contribution in [0, 0.1) is 11.8 Å². The quantitative estimate of drug-likeness (QED) is 0.758. The van der Waals surface area contributed by atoms with Crippen molar-refractivity contribution in [1.29, 1.82) is 0 Å². The van der Waals surface area contributed by atoms with Crippen molar-refractivity contribution in [2.24, 2.45) is 17.6 Å². The van der Waals surface area contributed by atoms with Crippen LogP contribution >= 0.6 is 0 Å². The molecular weight excluding hydrogens is 184 g/mol. The summed E-state index contributed by atoms with van der Waals surface area (Å²) in [6.07, 6.45) is 3.54. The fourth-order valence-corrected chi connectivity index (χ4v) is 2.47. The van der Waals surface area contributed by atoms with Crippen LogP contribution in [-0.4, -0.2) is 30.1 Å². The summed E-state index contributed by atoms with van der Waals surface area (Å²) in [5.74, 6) is 1.72. The topological polar surface area (TPSA) is 29.3 Å². The largest absolute Gasteiger partial charge is 0.324 e. The Morgan fingerprint density at radius 3 is 2.33 bits per heavy atom. The Morgan fingerprint density at radius 2 is 1.93 bits per heavy atom. The Balaban J connectivity index is 2.41. The van der Waals surface area contributed by atoms with Crippen LogP contribution in [0.1, 0.15) is 47.0 Å². The third kappa shape index (κ3) is 3.46. The highest BCUT2D eigenvalue weighted by molar-refractivity contribution is 4.88. The standard InChI is InChI=1S/C13H28N2/c1-5-13(14,6-2)10-15-8-7-12(9-15)11(3)4/h11-12H,5-10,14H2,1-4H3. The first-order chi connectivity index (χ1) is 7.00. The maximum atomic E-state index is 6.36. The van der Waals surface area contributed by atoms with Gasteiger partial charge >= 0.3 is 0 Å². The number of nitrogens with zero attached hydrogens (tertiary/aromatic N) is 1. The smallest absolute Gasteiger partial charge is 0.0278 e. The van der Waals surface area contributed by atoms with E-state index in [1.165, 1.54) is 19.5 Å². The molecule has 1 rings (SSSR count). The Morgan fingerprint density at radius 1 is 1.33 bits per heavy atom. The van der Waals surface area contributed by atoms with Gasteiger partial charge in [-0.1, -0.05) is 27.7 Å². The summed E-state index contributed by atoms with van der Waals surface area (Å²) in [5, 5.41) is 0. The van der Waals surface area contributed by atoms with Crippen LogP contribution in [-0.2, 0) is 0 Å². The first kappa shape index (κ1) is 13.0. The Hall–Kier alpha value is -0.0800. The second kappa shape index (κ2) is 5.31. The minimum atomic E-state index is 0.0475. The fraction of sp³-hybridized carbons (Fsp3) is 1.00. The van der Waals surface area contributed by atoms with Gasteiger partial charge < -0.3 is 10.6 Å². The van der Waals surface area contributed by atoms with Gasteiger partial charge in [0.2, 0.25) is 0 Å². The number of hydrogen-bond acceptors (Lipinski definition) is 2. The van der Waals surface area contributed by atoms with Crippen LogP contribution in [0.4, 0.5) is 0 Å². The Bertz CT molecular complexity index is 185. The van der Waals surface area contributed by atoms with E-state index in [1.807, 2.05) is 0 Å². The predicted octanol–water partition coefficient (Wildman–Crippen LogP) is 2.48. The van der Waals surface area contributed by atoms with E-state index in [2.05, 4.69) is 32.6 Å². The molecule has 0 aromatic heterocycles. The highest BCUT2D eigenvalue weighted by Crippen LogP contribution is 2.25. The lowest BCUT2D eigenvalue weighted by molar-refractivity contribution is 0.222. The van der Waals surface area contributed by atoms with Crippen molar-refractivity contribution in [3.63, 3.8) is 0 Å². The third-order valence-electron chi connectivity index (χ3n) is 4.20. The maximum absolute atomic E-state index is 6.36. The molecule has 0 saturated carbocycles. The molecule has 0 radical (unpaired) electrons. The molecule has 1 aliphatic heterocycles. The summed E-state index contributed by atoms with van der Waals surface area (Å²) in [6.45, 7) is 12.7. The van der Waals surface area contributed by atoms with Crippen molar-refractivity contribution in [1.82, 2.24) is 4.90 Å². The molecule has 0 bridgehead atoms. The van der Waals surface area contributed by atoms with E-state index in [0.29, 0.717) is 0 Å². The summed E-state index contributed by atoms with van der Waals surface area (Å²) < 4.78 is 0. The fourth-order valence-electron chi connectivity index (χ4n) is 2.47. The van der Waals surface area contributed by atoms with Crippen LogP contribution in [0.25, 0.3) is 0 Å². The molecule has 0 spiro atoms. The van der Waals surface area contributed by atoms with Crippen molar-refractivity contribution < 1.29 is 0 Å². The Kier molecular flexibility index (Phi) is 4.60. The van der Waals surface area contributed by atoms with Crippen molar-refractivity contribution in [2.75, 3.05) is 19.6 Å². The monoisotopic (exact) mass is 212 g/mol. The summed E-state index contributed by atoms with van der Waals surface area (Å²) in [4.78, 5) is 2.57. The molecule has 1 heterocycles. The van der Waals surface area contributed by atoms with Gasteiger partial charge in [0.05, 0.1) is 0 Å². The summed E-state index contributed by atoms with van der Waals surface area (Å²) in [6, 6.07) is 0. The summed E-state index contributed by atoms with van der Waals surface area (Å²) in [7, 11) is 0. The van der Waals surface area contributed by atoms with Gasteiger partial charge in [0, 0.05) is 18.6 Å². The van der Waals surface area contributed by atoms with Crippen LogP contribution in [0.15, 0.2) is 0 Å². The lowest BCUT2D eigenvalue weighted by Crippen LogP contribution is -2.48. The average Bonchev–Trinajstić information content (AvgIpc) is 2.66. The van der Waals surface area contributed by atoms with Gasteiger partial charge in [0.15, 0.2) is 0 Å². The number of rotatable bonds is 5. The first-order valence-electron chi connectivity index (χ1n) is 6.52. The van der Waals surface area contributed by atoms with Gasteiger partial charge in [0.1, 0.15) is 0 Å². The predicted molar refractivity (Wildman–Crippen MR) is 66.9 cm³/mol. The van der Waals surface area contributed by atoms with Crippen LogP contribution < -0.4 is 5.73 Å². The number of likely N-dealkylation sites (tertiary alicyclic amines) is 1. The van der Waals surface area contributed by atoms with Gasteiger partial charge in [-0.25, -0.2) is 0 Å². The van der Waals surface area contributed by atoms with Crippen molar-refractivity contribution in [3.05, 3.63) is 0 Å².